The van der Waals surface area contributed by atoms with Crippen molar-refractivity contribution in [2.24, 2.45) is 5.41 Å². The van der Waals surface area contributed by atoms with Gasteiger partial charge in [0, 0.05) is 0 Å². The van der Waals surface area contributed by atoms with Crippen LogP contribution in [0.1, 0.15) is 18.9 Å². The average molecular weight is 735 g/mol. The Bertz CT molecular complexity index is 2180. The molecule has 4 aromatic rings. The SMILES string of the molecule is Nc1nc2c(ncn2[C@@H]2O[C@]34COP(O)(=S)O[C@H]5[C@H](n6cnc7c(N)ncnc76)O[C@H](COP(O)(=S)O[C@H]3[C@H]2F)[C@@]52CC24F)c(=O)[nH]1. The van der Waals surface area contributed by atoms with E-state index in [0.29, 0.717) is 0 Å². The first-order chi connectivity index (χ1) is 22.2. The number of rotatable bonds is 2. The van der Waals surface area contributed by atoms with Crippen molar-refractivity contribution in [1.82, 2.24) is 39.0 Å². The number of H-pyrrole nitrogens is 1. The third-order valence-corrected chi connectivity index (χ3v) is 12.6. The predicted molar refractivity (Wildman–Crippen MR) is 160 cm³/mol. The molecule has 5 fully saturated rings. The summed E-state index contributed by atoms with van der Waals surface area (Å²) in [6.07, 6.45) is -6.92. The van der Waals surface area contributed by atoms with Crippen LogP contribution in [0.15, 0.2) is 23.8 Å². The first-order valence-corrected chi connectivity index (χ1v) is 19.0. The quantitative estimate of drug-likeness (QED) is 0.170. The zero-order valence-electron chi connectivity index (χ0n) is 23.3. The van der Waals surface area contributed by atoms with Crippen LogP contribution >= 0.6 is 13.4 Å². The molecule has 19 nitrogen and oxygen atoms in total. The van der Waals surface area contributed by atoms with Gasteiger partial charge in [-0.05, 0) is 30.0 Å². The van der Waals surface area contributed by atoms with Crippen LogP contribution in [-0.4, -0.2) is 97.8 Å². The number of anilines is 2. The number of nitrogens with zero attached hydrogens (tertiary/aromatic N) is 7. The van der Waals surface area contributed by atoms with E-state index in [2.05, 4.69) is 29.9 Å². The molecule has 47 heavy (non-hydrogen) atoms. The molecule has 4 saturated heterocycles. The summed E-state index contributed by atoms with van der Waals surface area (Å²) >= 11 is 10.6. The van der Waals surface area contributed by atoms with Crippen LogP contribution < -0.4 is 17.0 Å². The minimum Gasteiger partial charge on any atom is -0.382 e. The molecule has 8 heterocycles. The second-order valence-electron chi connectivity index (χ2n) is 11.8. The second-order valence-corrected chi connectivity index (χ2v) is 17.4. The number of ether oxygens (including phenoxy) is 2. The summed E-state index contributed by atoms with van der Waals surface area (Å²) in [5.41, 5.74) is 4.15. The first kappa shape index (κ1) is 30.4. The summed E-state index contributed by atoms with van der Waals surface area (Å²) in [5, 5.41) is 0. The Balaban J connectivity index is 1.24. The smallest absolute Gasteiger partial charge is 0.325 e. The van der Waals surface area contributed by atoms with Gasteiger partial charge in [0.15, 0.2) is 52.5 Å². The standard InChI is InChI=1S/C22H22F2N10O9P2S2/c23-8-11-21(41-17(8)34-6-30-10-15(34)31-19(26)32-16(10)35)3-39-45(37,47)43-12-18(33-5-29-9-13(25)27-4-28-14(9)33)40-7(1-38-44(36,46)42-11)20(12)2-22(20,21)24/h4-8,11-12,17-18H,1-3H2,(H,36,46)(H,37,47)(H2,25,27,28)(H3,26,31,32,35)/t7-,8-,11+,12+,17-,18-,20+,21-,22?,44?,45?/m1/s1. The molecule has 4 aromatic heterocycles. The molecule has 3 unspecified atom stereocenters. The molecule has 0 aromatic carbocycles. The van der Waals surface area contributed by atoms with E-state index in [1.54, 1.807) is 0 Å². The van der Waals surface area contributed by atoms with Crippen LogP contribution in [0.3, 0.4) is 0 Å². The second kappa shape index (κ2) is 9.52. The monoisotopic (exact) mass is 734 g/mol. The lowest BCUT2D eigenvalue weighted by Gasteiger charge is -2.43. The number of aromatic nitrogens is 8. The number of nitrogens with one attached hydrogen (secondary N) is 1. The molecule has 25 heteroatoms. The van der Waals surface area contributed by atoms with Gasteiger partial charge in [-0.1, -0.05) is 0 Å². The maximum absolute atomic E-state index is 18.3. The topological polar surface area (TPSA) is 255 Å². The Kier molecular flexibility index (Phi) is 6.16. The molecule has 9 rings (SSSR count). The zero-order valence-corrected chi connectivity index (χ0v) is 26.7. The predicted octanol–water partition coefficient (Wildman–Crippen LogP) is -0.0102. The van der Waals surface area contributed by atoms with Crippen molar-refractivity contribution >= 4 is 71.1 Å². The molecule has 0 amide bonds. The van der Waals surface area contributed by atoms with Crippen LogP contribution in [0.4, 0.5) is 20.5 Å². The van der Waals surface area contributed by atoms with Crippen molar-refractivity contribution in [3.63, 3.8) is 0 Å². The number of aromatic amines is 1. The molecule has 5 aliphatic rings. The molecule has 0 radical (unpaired) electrons. The van der Waals surface area contributed by atoms with Crippen LogP contribution in [0, 0.1) is 5.41 Å². The van der Waals surface area contributed by atoms with E-state index in [1.807, 2.05) is 0 Å². The number of hydrogen-bond donors (Lipinski definition) is 5. The Morgan fingerprint density at radius 1 is 1.00 bits per heavy atom. The van der Waals surface area contributed by atoms with Gasteiger partial charge >= 0.3 is 13.4 Å². The summed E-state index contributed by atoms with van der Waals surface area (Å²) in [4.78, 5) is 57.7. The van der Waals surface area contributed by atoms with Crippen LogP contribution in [0.25, 0.3) is 22.3 Å². The van der Waals surface area contributed by atoms with Crippen molar-refractivity contribution in [2.75, 3.05) is 24.7 Å². The summed E-state index contributed by atoms with van der Waals surface area (Å²) < 4.78 is 73.2. The third kappa shape index (κ3) is 3.93. The van der Waals surface area contributed by atoms with Crippen molar-refractivity contribution in [3.8, 4) is 0 Å². The number of imidazole rings is 2. The molecule has 2 bridgehead atoms. The number of hydrogen-bond acceptors (Lipinski definition) is 16. The fourth-order valence-corrected chi connectivity index (χ4v) is 10.3. The number of nitrogen functional groups attached to an aromatic ring is 2. The Labute approximate surface area is 270 Å². The van der Waals surface area contributed by atoms with E-state index in [0.717, 1.165) is 10.9 Å². The highest BCUT2D eigenvalue weighted by molar-refractivity contribution is 8.07. The Morgan fingerprint density at radius 2 is 1.70 bits per heavy atom. The largest absolute Gasteiger partial charge is 0.382 e. The van der Waals surface area contributed by atoms with E-state index in [-0.39, 0.29) is 34.1 Å². The third-order valence-electron chi connectivity index (χ3n) is 9.53. The lowest BCUT2D eigenvalue weighted by Crippen LogP contribution is -2.60. The van der Waals surface area contributed by atoms with Crippen molar-refractivity contribution < 1.29 is 46.1 Å². The summed E-state index contributed by atoms with van der Waals surface area (Å²) in [6, 6.07) is 0. The molecule has 250 valence electrons. The molecule has 1 aliphatic carbocycles. The van der Waals surface area contributed by atoms with Gasteiger partial charge in [-0.3, -0.25) is 28.0 Å². The van der Waals surface area contributed by atoms with Gasteiger partial charge < -0.3 is 39.8 Å². The van der Waals surface area contributed by atoms with Crippen molar-refractivity contribution in [1.29, 1.82) is 0 Å². The molecular weight excluding hydrogens is 712 g/mol. The van der Waals surface area contributed by atoms with Crippen molar-refractivity contribution in [3.05, 3.63) is 29.3 Å². The highest BCUT2D eigenvalue weighted by Crippen LogP contribution is 2.80. The lowest BCUT2D eigenvalue weighted by molar-refractivity contribution is -0.187. The molecule has 2 spiro atoms. The summed E-state index contributed by atoms with van der Waals surface area (Å²) in [7, 11) is 0. The highest BCUT2D eigenvalue weighted by Gasteiger charge is 2.92. The fraction of sp³-hybridized carbons (Fsp3) is 0.545. The summed E-state index contributed by atoms with van der Waals surface area (Å²) in [5.74, 6) is -0.246. The van der Waals surface area contributed by atoms with E-state index < -0.39 is 92.3 Å². The van der Waals surface area contributed by atoms with Crippen LogP contribution in [0.5, 0.6) is 0 Å². The first-order valence-electron chi connectivity index (χ1n) is 13.8. The molecule has 4 aliphatic heterocycles. The number of fused-ring (bicyclic) bond motifs is 2. The molecule has 1 saturated carbocycles. The molecule has 7 N–H and O–H groups in total. The molecular formula is C22H22F2N10O9P2S2. The fourth-order valence-electron chi connectivity index (χ4n) is 7.47. The zero-order chi connectivity index (χ0) is 32.9. The van der Waals surface area contributed by atoms with Gasteiger partial charge in [0.05, 0.1) is 37.4 Å². The van der Waals surface area contributed by atoms with E-state index in [1.165, 1.54) is 17.2 Å². The van der Waals surface area contributed by atoms with E-state index >= 15 is 8.78 Å². The van der Waals surface area contributed by atoms with Gasteiger partial charge in [-0.2, -0.15) is 4.98 Å². The number of alkyl halides is 2. The van der Waals surface area contributed by atoms with Gasteiger partial charge in [0.2, 0.25) is 5.95 Å². The lowest BCUT2D eigenvalue weighted by atomic mass is 9.79. The van der Waals surface area contributed by atoms with Gasteiger partial charge in [-0.25, -0.2) is 28.7 Å². The Hall–Kier alpha value is -2.66. The van der Waals surface area contributed by atoms with Crippen LogP contribution in [0.2, 0.25) is 0 Å². The maximum atomic E-state index is 18.3. The average Bonchev–Trinajstić information content (AvgIpc) is 3.43. The van der Waals surface area contributed by atoms with E-state index in [9.17, 15) is 14.6 Å². The summed E-state index contributed by atoms with van der Waals surface area (Å²) in [6.45, 7) is -10.0. The number of halogens is 2. The van der Waals surface area contributed by atoms with Gasteiger partial charge in [0.25, 0.3) is 5.56 Å². The Morgan fingerprint density at radius 3 is 2.49 bits per heavy atom. The normalized spacial score (nSPS) is 44.3. The maximum Gasteiger partial charge on any atom is 0.325 e. The van der Waals surface area contributed by atoms with Gasteiger partial charge in [0.1, 0.15) is 24.1 Å². The highest BCUT2D eigenvalue weighted by atomic mass is 32.5. The van der Waals surface area contributed by atoms with Crippen LogP contribution in [-0.2, 0) is 51.2 Å². The minimum absolute atomic E-state index is 0.0563. The molecule has 11 atom stereocenters. The minimum atomic E-state index is -4.35. The van der Waals surface area contributed by atoms with E-state index in [4.69, 9.17) is 62.6 Å². The van der Waals surface area contributed by atoms with Gasteiger partial charge in [-0.15, -0.1) is 0 Å². The number of nitrogens with two attached hydrogens (primary N) is 2. The van der Waals surface area contributed by atoms with Crippen molar-refractivity contribution in [2.45, 2.75) is 54.6 Å².